The molecule has 1 aromatic heterocycles. The van der Waals surface area contributed by atoms with Gasteiger partial charge in [-0.2, -0.15) is 0 Å². The van der Waals surface area contributed by atoms with Gasteiger partial charge in [0.05, 0.1) is 17.1 Å². The molecule has 1 fully saturated rings. The molecule has 1 saturated heterocycles. The second-order valence-corrected chi connectivity index (χ2v) is 7.42. The molecule has 1 aliphatic rings. The number of carbonyl (C=O) groups excluding carboxylic acids is 2. The highest BCUT2D eigenvalue weighted by Gasteiger charge is 2.35. The molecule has 0 spiro atoms. The summed E-state index contributed by atoms with van der Waals surface area (Å²) < 4.78 is 15.1. The summed E-state index contributed by atoms with van der Waals surface area (Å²) in [6.45, 7) is 4.42. The molecule has 144 valence electrons. The number of amides is 1. The molecule has 6 heteroatoms. The van der Waals surface area contributed by atoms with Crippen LogP contribution in [-0.2, 0) is 16.1 Å². The fraction of sp³-hybridized carbons (Fsp3) is 0.318. The molecule has 0 radical (unpaired) electrons. The lowest BCUT2D eigenvalue weighted by Crippen LogP contribution is -2.25. The Hall–Kier alpha value is -3.02. The summed E-state index contributed by atoms with van der Waals surface area (Å²) >= 11 is 0. The van der Waals surface area contributed by atoms with Gasteiger partial charge in [0.2, 0.25) is 5.91 Å². The Morgan fingerprint density at radius 1 is 1.21 bits per heavy atom. The van der Waals surface area contributed by atoms with Crippen molar-refractivity contribution in [3.63, 3.8) is 0 Å². The zero-order valence-electron chi connectivity index (χ0n) is 15.9. The molecule has 0 bridgehead atoms. The summed E-state index contributed by atoms with van der Waals surface area (Å²) in [7, 11) is 0. The van der Waals surface area contributed by atoms with E-state index < -0.39 is 0 Å². The zero-order valence-corrected chi connectivity index (χ0v) is 15.9. The van der Waals surface area contributed by atoms with Crippen molar-refractivity contribution in [2.45, 2.75) is 38.8 Å². The summed E-state index contributed by atoms with van der Waals surface area (Å²) in [5, 5.41) is 0. The molecule has 2 atom stereocenters. The fourth-order valence-electron chi connectivity index (χ4n) is 3.85. The minimum atomic E-state index is -0.344. The van der Waals surface area contributed by atoms with Gasteiger partial charge in [-0.25, -0.2) is 9.37 Å². The van der Waals surface area contributed by atoms with Crippen LogP contribution in [-0.4, -0.2) is 32.7 Å². The van der Waals surface area contributed by atoms with Crippen molar-refractivity contribution in [3.05, 3.63) is 65.7 Å². The number of nitrogens with zero attached hydrogens (tertiary/aromatic N) is 3. The smallest absolute Gasteiger partial charge is 0.223 e. The molecule has 5 nitrogen and oxygen atoms in total. The number of Topliss-reactive ketones (excluding diaryl/α,β-unsaturated/α-hetero) is 1. The lowest BCUT2D eigenvalue weighted by Gasteiger charge is -2.19. The average Bonchev–Trinajstić information content (AvgIpc) is 3.23. The monoisotopic (exact) mass is 379 g/mol. The Morgan fingerprint density at radius 2 is 1.93 bits per heavy atom. The molecule has 0 saturated carbocycles. The van der Waals surface area contributed by atoms with Crippen LogP contribution in [0.3, 0.4) is 0 Å². The quantitative estimate of drug-likeness (QED) is 0.677. The van der Waals surface area contributed by atoms with Crippen molar-refractivity contribution in [2.24, 2.45) is 0 Å². The molecule has 2 aromatic carbocycles. The second kappa shape index (κ2) is 7.19. The highest BCUT2D eigenvalue weighted by atomic mass is 19.1. The number of hydrogen-bond donors (Lipinski definition) is 0. The van der Waals surface area contributed by atoms with Crippen molar-refractivity contribution in [2.75, 3.05) is 6.54 Å². The van der Waals surface area contributed by atoms with E-state index in [-0.39, 0.29) is 29.5 Å². The van der Waals surface area contributed by atoms with E-state index >= 15 is 0 Å². The van der Waals surface area contributed by atoms with Crippen LogP contribution in [0.15, 0.2) is 48.5 Å². The van der Waals surface area contributed by atoms with Crippen molar-refractivity contribution >= 4 is 22.7 Å². The average molecular weight is 379 g/mol. The van der Waals surface area contributed by atoms with Gasteiger partial charge in [-0.05, 0) is 43.7 Å². The first-order valence-electron chi connectivity index (χ1n) is 9.43. The third kappa shape index (κ3) is 3.30. The first-order valence-corrected chi connectivity index (χ1v) is 9.43. The van der Waals surface area contributed by atoms with Gasteiger partial charge in [-0.3, -0.25) is 9.59 Å². The standard InChI is InChI=1S/C22H22FN3O2/c1-14(15(2)27)26-20-6-4-3-5-19(20)24-22(26)17-11-21(28)25(13-17)12-16-7-9-18(23)10-8-16/h3-10,14,17H,11-13H2,1-2H3. The third-order valence-corrected chi connectivity index (χ3v) is 5.47. The number of likely N-dealkylation sites (tertiary alicyclic amines) is 1. The van der Waals surface area contributed by atoms with Crippen LogP contribution in [0.2, 0.25) is 0 Å². The van der Waals surface area contributed by atoms with E-state index in [0.717, 1.165) is 22.4 Å². The maximum Gasteiger partial charge on any atom is 0.223 e. The van der Waals surface area contributed by atoms with Gasteiger partial charge in [0.1, 0.15) is 11.6 Å². The van der Waals surface area contributed by atoms with Crippen molar-refractivity contribution in [1.29, 1.82) is 0 Å². The number of halogens is 1. The van der Waals surface area contributed by atoms with Gasteiger partial charge in [0.15, 0.2) is 5.78 Å². The van der Waals surface area contributed by atoms with Crippen LogP contribution in [0.4, 0.5) is 4.39 Å². The number of benzene rings is 2. The molecular weight excluding hydrogens is 357 g/mol. The van der Waals surface area contributed by atoms with Gasteiger partial charge < -0.3 is 9.47 Å². The molecule has 2 unspecified atom stereocenters. The molecule has 4 rings (SSSR count). The number of carbonyl (C=O) groups is 2. The lowest BCUT2D eigenvalue weighted by atomic mass is 10.1. The number of aromatic nitrogens is 2. The van der Waals surface area contributed by atoms with Crippen LogP contribution < -0.4 is 0 Å². The molecule has 28 heavy (non-hydrogen) atoms. The van der Waals surface area contributed by atoms with E-state index in [4.69, 9.17) is 4.98 Å². The molecule has 1 amide bonds. The maximum absolute atomic E-state index is 13.1. The zero-order chi connectivity index (χ0) is 19.8. The summed E-state index contributed by atoms with van der Waals surface area (Å²) in [5.74, 6) is 0.502. The van der Waals surface area contributed by atoms with E-state index in [0.29, 0.717) is 19.5 Å². The second-order valence-electron chi connectivity index (χ2n) is 7.42. The molecular formula is C22H22FN3O2. The number of ketones is 1. The fourth-order valence-corrected chi connectivity index (χ4v) is 3.85. The number of para-hydroxylation sites is 2. The predicted molar refractivity (Wildman–Crippen MR) is 104 cm³/mol. The van der Waals surface area contributed by atoms with Crippen LogP contribution in [0, 0.1) is 5.82 Å². The Morgan fingerprint density at radius 3 is 2.64 bits per heavy atom. The maximum atomic E-state index is 13.1. The van der Waals surface area contributed by atoms with Gasteiger partial charge in [-0.15, -0.1) is 0 Å². The number of imidazole rings is 1. The van der Waals surface area contributed by atoms with Crippen molar-refractivity contribution < 1.29 is 14.0 Å². The normalized spacial score (nSPS) is 18.0. The molecule has 2 heterocycles. The SMILES string of the molecule is CC(=O)C(C)n1c(C2CC(=O)N(Cc3ccc(F)cc3)C2)nc2ccccc21. The van der Waals surface area contributed by atoms with Crippen LogP contribution in [0.1, 0.15) is 43.6 Å². The van der Waals surface area contributed by atoms with E-state index in [9.17, 15) is 14.0 Å². The number of fused-ring (bicyclic) bond motifs is 1. The van der Waals surface area contributed by atoms with E-state index in [1.165, 1.54) is 12.1 Å². The topological polar surface area (TPSA) is 55.2 Å². The minimum absolute atomic E-state index is 0.0448. The van der Waals surface area contributed by atoms with Crippen LogP contribution in [0.5, 0.6) is 0 Å². The predicted octanol–water partition coefficient (Wildman–Crippen LogP) is 3.84. The van der Waals surface area contributed by atoms with Crippen molar-refractivity contribution in [3.8, 4) is 0 Å². The van der Waals surface area contributed by atoms with Gasteiger partial charge in [0.25, 0.3) is 0 Å². The Bertz CT molecular complexity index is 1040. The third-order valence-electron chi connectivity index (χ3n) is 5.47. The number of rotatable bonds is 5. The molecule has 0 N–H and O–H groups in total. The summed E-state index contributed by atoms with van der Waals surface area (Å²) in [5.41, 5.74) is 2.63. The number of hydrogen-bond acceptors (Lipinski definition) is 3. The van der Waals surface area contributed by atoms with E-state index in [1.54, 1.807) is 24.0 Å². The van der Waals surface area contributed by atoms with E-state index in [2.05, 4.69) is 0 Å². The van der Waals surface area contributed by atoms with Crippen LogP contribution in [0.25, 0.3) is 11.0 Å². The van der Waals surface area contributed by atoms with E-state index in [1.807, 2.05) is 35.8 Å². The molecule has 1 aliphatic heterocycles. The lowest BCUT2D eigenvalue weighted by molar-refractivity contribution is -0.128. The molecule has 0 aliphatic carbocycles. The Kier molecular flexibility index (Phi) is 4.71. The first-order chi connectivity index (χ1) is 13.4. The Balaban J connectivity index is 1.65. The largest absolute Gasteiger partial charge is 0.338 e. The van der Waals surface area contributed by atoms with Gasteiger partial charge >= 0.3 is 0 Å². The van der Waals surface area contributed by atoms with Crippen molar-refractivity contribution in [1.82, 2.24) is 14.5 Å². The summed E-state index contributed by atoms with van der Waals surface area (Å²) in [6.07, 6.45) is 0.356. The van der Waals surface area contributed by atoms with Crippen LogP contribution >= 0.6 is 0 Å². The first kappa shape index (κ1) is 18.3. The highest BCUT2D eigenvalue weighted by Crippen LogP contribution is 2.33. The van der Waals surface area contributed by atoms with Gasteiger partial charge in [-0.1, -0.05) is 24.3 Å². The van der Waals surface area contributed by atoms with Gasteiger partial charge in [0, 0.05) is 25.4 Å². The Labute approximate surface area is 162 Å². The highest BCUT2D eigenvalue weighted by molar-refractivity contribution is 5.85. The summed E-state index contributed by atoms with van der Waals surface area (Å²) in [4.78, 5) is 31.2. The molecule has 3 aromatic rings. The summed E-state index contributed by atoms with van der Waals surface area (Å²) in [6, 6.07) is 13.6. The minimum Gasteiger partial charge on any atom is -0.338 e.